The van der Waals surface area contributed by atoms with Crippen LogP contribution in [0.2, 0.25) is 0 Å². The molecule has 0 spiro atoms. The average Bonchev–Trinajstić information content (AvgIpc) is 3.13. The number of carbonyl (C=O) groups is 2. The van der Waals surface area contributed by atoms with Crippen molar-refractivity contribution in [2.45, 2.75) is 19.8 Å². The van der Waals surface area contributed by atoms with Crippen LogP contribution in [0.3, 0.4) is 0 Å². The first-order valence-corrected chi connectivity index (χ1v) is 8.78. The van der Waals surface area contributed by atoms with E-state index in [1.54, 1.807) is 55.8 Å². The second-order valence-corrected chi connectivity index (χ2v) is 5.93. The minimum atomic E-state index is -0.473. The SMILES string of the molecule is CCCC(=O)Nc1onc(-c2ccccn2)c1C(=O)Nc1ccc(OC)cc1. The van der Waals surface area contributed by atoms with Crippen molar-refractivity contribution in [2.24, 2.45) is 0 Å². The van der Waals surface area contributed by atoms with Crippen molar-refractivity contribution >= 4 is 23.4 Å². The van der Waals surface area contributed by atoms with Crippen molar-refractivity contribution in [2.75, 3.05) is 17.7 Å². The number of nitrogens with zero attached hydrogens (tertiary/aromatic N) is 2. The number of methoxy groups -OCH3 is 1. The first-order valence-electron chi connectivity index (χ1n) is 8.78. The molecular formula is C20H20N4O4. The molecule has 28 heavy (non-hydrogen) atoms. The quantitative estimate of drug-likeness (QED) is 0.647. The molecule has 8 nitrogen and oxygen atoms in total. The largest absolute Gasteiger partial charge is 0.497 e. The topological polar surface area (TPSA) is 106 Å². The van der Waals surface area contributed by atoms with Crippen LogP contribution in [0.5, 0.6) is 5.75 Å². The maximum Gasteiger partial charge on any atom is 0.263 e. The molecule has 0 radical (unpaired) electrons. The van der Waals surface area contributed by atoms with E-state index < -0.39 is 5.91 Å². The molecule has 0 saturated carbocycles. The summed E-state index contributed by atoms with van der Waals surface area (Å²) in [5, 5.41) is 9.34. The second-order valence-electron chi connectivity index (χ2n) is 5.93. The first kappa shape index (κ1) is 19.1. The monoisotopic (exact) mass is 380 g/mol. The van der Waals surface area contributed by atoms with Crippen LogP contribution in [0.15, 0.2) is 53.2 Å². The Hall–Kier alpha value is -3.68. The standard InChI is InChI=1S/C20H20N4O4/c1-3-6-16(25)23-20-17(18(24-28-20)15-7-4-5-12-21-15)19(26)22-13-8-10-14(27-2)11-9-13/h4-5,7-12H,3,6H2,1-2H3,(H,22,26)(H,23,25). The summed E-state index contributed by atoms with van der Waals surface area (Å²) in [6.45, 7) is 1.89. The third-order valence-electron chi connectivity index (χ3n) is 3.90. The highest BCUT2D eigenvalue weighted by Crippen LogP contribution is 2.29. The number of carbonyl (C=O) groups excluding carboxylic acids is 2. The molecule has 2 amide bonds. The van der Waals surface area contributed by atoms with Crippen LogP contribution < -0.4 is 15.4 Å². The molecule has 144 valence electrons. The lowest BCUT2D eigenvalue weighted by Crippen LogP contribution is -2.17. The van der Waals surface area contributed by atoms with Gasteiger partial charge in [0.25, 0.3) is 5.91 Å². The van der Waals surface area contributed by atoms with Gasteiger partial charge in [0.1, 0.15) is 17.0 Å². The number of ether oxygens (including phenoxy) is 1. The van der Waals surface area contributed by atoms with Gasteiger partial charge in [0, 0.05) is 18.3 Å². The van der Waals surface area contributed by atoms with Gasteiger partial charge in [-0.25, -0.2) is 0 Å². The molecular weight excluding hydrogens is 360 g/mol. The third-order valence-corrected chi connectivity index (χ3v) is 3.90. The Labute approximate surface area is 161 Å². The lowest BCUT2D eigenvalue weighted by molar-refractivity contribution is -0.116. The number of amides is 2. The van der Waals surface area contributed by atoms with Gasteiger partial charge in [-0.1, -0.05) is 18.1 Å². The number of anilines is 2. The highest BCUT2D eigenvalue weighted by Gasteiger charge is 2.26. The van der Waals surface area contributed by atoms with Gasteiger partial charge >= 0.3 is 0 Å². The Bertz CT molecular complexity index is 952. The van der Waals surface area contributed by atoms with E-state index in [4.69, 9.17) is 9.26 Å². The summed E-state index contributed by atoms with van der Waals surface area (Å²) in [4.78, 5) is 29.2. The van der Waals surface area contributed by atoms with Crippen molar-refractivity contribution in [3.8, 4) is 17.1 Å². The number of benzene rings is 1. The Morgan fingerprint density at radius 2 is 1.89 bits per heavy atom. The van der Waals surface area contributed by atoms with Crippen LogP contribution in [-0.4, -0.2) is 29.1 Å². The third kappa shape index (κ3) is 4.35. The van der Waals surface area contributed by atoms with E-state index >= 15 is 0 Å². The minimum Gasteiger partial charge on any atom is -0.497 e. The lowest BCUT2D eigenvalue weighted by atomic mass is 10.1. The minimum absolute atomic E-state index is 0.00915. The highest BCUT2D eigenvalue weighted by molar-refractivity contribution is 6.12. The Morgan fingerprint density at radius 1 is 1.11 bits per heavy atom. The molecule has 0 atom stereocenters. The molecule has 0 fully saturated rings. The van der Waals surface area contributed by atoms with Crippen LogP contribution in [-0.2, 0) is 4.79 Å². The van der Waals surface area contributed by atoms with Crippen LogP contribution in [0, 0.1) is 0 Å². The number of hydrogen-bond acceptors (Lipinski definition) is 6. The van der Waals surface area contributed by atoms with E-state index in [2.05, 4.69) is 20.8 Å². The van der Waals surface area contributed by atoms with Crippen molar-refractivity contribution in [1.29, 1.82) is 0 Å². The Morgan fingerprint density at radius 3 is 2.54 bits per heavy atom. The Kier molecular flexibility index (Phi) is 6.01. The molecule has 2 heterocycles. The van der Waals surface area contributed by atoms with Crippen molar-refractivity contribution < 1.29 is 18.8 Å². The van der Waals surface area contributed by atoms with Crippen LogP contribution in [0.4, 0.5) is 11.6 Å². The summed E-state index contributed by atoms with van der Waals surface area (Å²) >= 11 is 0. The van der Waals surface area contributed by atoms with E-state index in [-0.39, 0.29) is 23.0 Å². The maximum absolute atomic E-state index is 13.0. The highest BCUT2D eigenvalue weighted by atomic mass is 16.5. The van der Waals surface area contributed by atoms with Gasteiger partial charge < -0.3 is 14.6 Å². The van der Waals surface area contributed by atoms with Crippen LogP contribution in [0.1, 0.15) is 30.1 Å². The predicted molar refractivity (Wildman–Crippen MR) is 104 cm³/mol. The number of rotatable bonds is 7. The summed E-state index contributed by atoms with van der Waals surface area (Å²) in [5.74, 6) is -0.0710. The second kappa shape index (κ2) is 8.81. The van der Waals surface area contributed by atoms with E-state index in [0.29, 0.717) is 30.0 Å². The smallest absolute Gasteiger partial charge is 0.263 e. The fourth-order valence-electron chi connectivity index (χ4n) is 2.55. The molecule has 8 heteroatoms. The number of nitrogens with one attached hydrogen (secondary N) is 2. The fourth-order valence-corrected chi connectivity index (χ4v) is 2.55. The summed E-state index contributed by atoms with van der Waals surface area (Å²) < 4.78 is 10.4. The van der Waals surface area contributed by atoms with Gasteiger partial charge in [-0.05, 0) is 42.8 Å². The molecule has 2 aromatic heterocycles. The number of hydrogen-bond donors (Lipinski definition) is 2. The summed E-state index contributed by atoms with van der Waals surface area (Å²) in [6.07, 6.45) is 2.56. The average molecular weight is 380 g/mol. The van der Waals surface area contributed by atoms with Gasteiger partial charge in [-0.3, -0.25) is 19.9 Å². The lowest BCUT2D eigenvalue weighted by Gasteiger charge is -2.08. The van der Waals surface area contributed by atoms with Crippen molar-refractivity contribution in [3.05, 3.63) is 54.2 Å². The molecule has 2 N–H and O–H groups in total. The van der Waals surface area contributed by atoms with Gasteiger partial charge in [-0.15, -0.1) is 0 Å². The van der Waals surface area contributed by atoms with Crippen LogP contribution >= 0.6 is 0 Å². The molecule has 0 unspecified atom stereocenters. The molecule has 0 saturated heterocycles. The molecule has 3 rings (SSSR count). The fraction of sp³-hybridized carbons (Fsp3) is 0.200. The van der Waals surface area contributed by atoms with E-state index in [0.717, 1.165) is 0 Å². The summed E-state index contributed by atoms with van der Waals surface area (Å²) in [6, 6.07) is 12.1. The van der Waals surface area contributed by atoms with E-state index in [1.165, 1.54) is 0 Å². The molecule has 0 aliphatic heterocycles. The van der Waals surface area contributed by atoms with E-state index in [9.17, 15) is 9.59 Å². The zero-order valence-corrected chi connectivity index (χ0v) is 15.6. The molecule has 0 aliphatic rings. The maximum atomic E-state index is 13.0. The van der Waals surface area contributed by atoms with Gasteiger partial charge in [0.15, 0.2) is 0 Å². The zero-order chi connectivity index (χ0) is 19.9. The molecule has 3 aromatic rings. The number of pyridine rings is 1. The van der Waals surface area contributed by atoms with Gasteiger partial charge in [0.05, 0.1) is 12.8 Å². The Balaban J connectivity index is 1.93. The van der Waals surface area contributed by atoms with Crippen molar-refractivity contribution in [1.82, 2.24) is 10.1 Å². The molecule has 1 aromatic carbocycles. The van der Waals surface area contributed by atoms with Gasteiger partial charge in [0.2, 0.25) is 11.8 Å². The van der Waals surface area contributed by atoms with Crippen molar-refractivity contribution in [3.63, 3.8) is 0 Å². The van der Waals surface area contributed by atoms with Crippen LogP contribution in [0.25, 0.3) is 11.4 Å². The summed E-state index contributed by atoms with van der Waals surface area (Å²) in [7, 11) is 1.56. The van der Waals surface area contributed by atoms with Gasteiger partial charge in [-0.2, -0.15) is 0 Å². The molecule has 0 bridgehead atoms. The van der Waals surface area contributed by atoms with E-state index in [1.807, 2.05) is 6.92 Å². The normalized spacial score (nSPS) is 10.4. The number of aromatic nitrogens is 2. The molecule has 0 aliphatic carbocycles. The summed E-state index contributed by atoms with van der Waals surface area (Å²) in [5.41, 5.74) is 1.38. The predicted octanol–water partition coefficient (Wildman–Crippen LogP) is 3.74. The first-order chi connectivity index (χ1) is 13.6. The zero-order valence-electron chi connectivity index (χ0n) is 15.6.